The first kappa shape index (κ1) is 18.3. The summed E-state index contributed by atoms with van der Waals surface area (Å²) < 4.78 is 10.5. The maximum atomic E-state index is 12.1. The topological polar surface area (TPSA) is 93.4 Å². The van der Waals surface area contributed by atoms with Crippen LogP contribution in [0.4, 0.5) is 11.5 Å². The minimum absolute atomic E-state index is 0.0424. The minimum Gasteiger partial charge on any atom is -0.378 e. The van der Waals surface area contributed by atoms with Gasteiger partial charge in [0.2, 0.25) is 11.8 Å². The molecule has 2 aromatic heterocycles. The van der Waals surface area contributed by atoms with Crippen LogP contribution in [0.25, 0.3) is 0 Å². The monoisotopic (exact) mass is 359 g/mol. The number of ether oxygens (including phenoxy) is 1. The number of nitrogens with zero attached hydrogens (tertiary/aromatic N) is 4. The summed E-state index contributed by atoms with van der Waals surface area (Å²) >= 11 is 0. The van der Waals surface area contributed by atoms with Crippen LogP contribution in [0.2, 0.25) is 0 Å². The van der Waals surface area contributed by atoms with Crippen molar-refractivity contribution in [2.45, 2.75) is 39.0 Å². The lowest BCUT2D eigenvalue weighted by Gasteiger charge is -2.27. The highest BCUT2D eigenvalue weighted by Gasteiger charge is 2.12. The van der Waals surface area contributed by atoms with Crippen LogP contribution in [0.1, 0.15) is 37.9 Å². The summed E-state index contributed by atoms with van der Waals surface area (Å²) in [7, 11) is 0. The Bertz CT molecular complexity index is 695. The third-order valence-corrected chi connectivity index (χ3v) is 4.14. The molecule has 1 saturated heterocycles. The highest BCUT2D eigenvalue weighted by molar-refractivity contribution is 5.90. The van der Waals surface area contributed by atoms with E-state index in [9.17, 15) is 4.79 Å². The number of amides is 1. The van der Waals surface area contributed by atoms with Crippen LogP contribution in [-0.4, -0.2) is 47.3 Å². The molecule has 1 aliphatic heterocycles. The number of hydrogen-bond acceptors (Lipinski definition) is 7. The van der Waals surface area contributed by atoms with Gasteiger partial charge in [-0.15, -0.1) is 0 Å². The maximum absolute atomic E-state index is 12.1. The van der Waals surface area contributed by atoms with Crippen molar-refractivity contribution < 1.29 is 14.1 Å². The molecule has 0 atom stereocenters. The fourth-order valence-corrected chi connectivity index (χ4v) is 2.78. The van der Waals surface area contributed by atoms with Gasteiger partial charge in [-0.05, 0) is 25.0 Å². The minimum atomic E-state index is -0.0424. The van der Waals surface area contributed by atoms with Crippen molar-refractivity contribution in [1.29, 1.82) is 0 Å². The molecular weight excluding hydrogens is 334 g/mol. The van der Waals surface area contributed by atoms with E-state index in [1.54, 1.807) is 6.20 Å². The van der Waals surface area contributed by atoms with Crippen molar-refractivity contribution in [2.24, 2.45) is 0 Å². The molecule has 1 aliphatic rings. The number of nitrogens with one attached hydrogen (secondary N) is 1. The van der Waals surface area contributed by atoms with Crippen molar-refractivity contribution in [3.05, 3.63) is 30.0 Å². The van der Waals surface area contributed by atoms with Crippen LogP contribution >= 0.6 is 0 Å². The van der Waals surface area contributed by atoms with E-state index in [1.165, 1.54) is 0 Å². The molecule has 3 heterocycles. The number of aromatic nitrogens is 3. The lowest BCUT2D eigenvalue weighted by atomic mass is 10.2. The smallest absolute Gasteiger partial charge is 0.226 e. The maximum Gasteiger partial charge on any atom is 0.226 e. The fourth-order valence-electron chi connectivity index (χ4n) is 2.78. The third kappa shape index (κ3) is 5.26. The van der Waals surface area contributed by atoms with Gasteiger partial charge in [0.15, 0.2) is 5.82 Å². The summed E-state index contributed by atoms with van der Waals surface area (Å²) in [6.07, 6.45) is 5.17. The zero-order valence-electron chi connectivity index (χ0n) is 15.1. The SMILES string of the molecule is CCCc1noc(CCCC(=O)Nc2ccc(N3CCOCC3)nc2)n1. The number of carbonyl (C=O) groups is 1. The molecule has 26 heavy (non-hydrogen) atoms. The number of rotatable bonds is 8. The van der Waals surface area contributed by atoms with Crippen LogP contribution in [0.15, 0.2) is 22.9 Å². The van der Waals surface area contributed by atoms with Gasteiger partial charge in [0.25, 0.3) is 0 Å². The average molecular weight is 359 g/mol. The molecular formula is C18H25N5O3. The van der Waals surface area contributed by atoms with E-state index in [0.29, 0.717) is 30.8 Å². The first-order chi connectivity index (χ1) is 12.7. The second-order valence-corrected chi connectivity index (χ2v) is 6.26. The number of anilines is 2. The number of morpholine rings is 1. The van der Waals surface area contributed by atoms with Gasteiger partial charge >= 0.3 is 0 Å². The van der Waals surface area contributed by atoms with E-state index in [0.717, 1.165) is 50.8 Å². The van der Waals surface area contributed by atoms with E-state index in [-0.39, 0.29) is 5.91 Å². The number of hydrogen-bond donors (Lipinski definition) is 1. The van der Waals surface area contributed by atoms with Crippen molar-refractivity contribution in [2.75, 3.05) is 36.5 Å². The summed E-state index contributed by atoms with van der Waals surface area (Å²) in [6, 6.07) is 3.80. The Labute approximate surface area is 152 Å². The zero-order chi connectivity index (χ0) is 18.2. The largest absolute Gasteiger partial charge is 0.378 e. The first-order valence-corrected chi connectivity index (χ1v) is 9.14. The summed E-state index contributed by atoms with van der Waals surface area (Å²) in [5.74, 6) is 2.20. The quantitative estimate of drug-likeness (QED) is 0.772. The lowest BCUT2D eigenvalue weighted by molar-refractivity contribution is -0.116. The highest BCUT2D eigenvalue weighted by atomic mass is 16.5. The van der Waals surface area contributed by atoms with Gasteiger partial charge in [-0.3, -0.25) is 4.79 Å². The molecule has 0 bridgehead atoms. The Morgan fingerprint density at radius 2 is 2.12 bits per heavy atom. The van der Waals surface area contributed by atoms with E-state index in [2.05, 4.69) is 32.3 Å². The molecule has 0 radical (unpaired) electrons. The van der Waals surface area contributed by atoms with E-state index in [4.69, 9.17) is 9.26 Å². The van der Waals surface area contributed by atoms with Crippen LogP contribution < -0.4 is 10.2 Å². The van der Waals surface area contributed by atoms with Crippen molar-refractivity contribution in [1.82, 2.24) is 15.1 Å². The lowest BCUT2D eigenvalue weighted by Crippen LogP contribution is -2.36. The van der Waals surface area contributed by atoms with Gasteiger partial charge in [-0.25, -0.2) is 4.98 Å². The molecule has 1 N–H and O–H groups in total. The third-order valence-electron chi connectivity index (χ3n) is 4.14. The molecule has 8 heteroatoms. The van der Waals surface area contributed by atoms with Gasteiger partial charge in [-0.1, -0.05) is 12.1 Å². The van der Waals surface area contributed by atoms with Gasteiger partial charge in [-0.2, -0.15) is 4.98 Å². The Hall–Kier alpha value is -2.48. The normalized spacial score (nSPS) is 14.4. The molecule has 140 valence electrons. The van der Waals surface area contributed by atoms with Crippen LogP contribution in [0.5, 0.6) is 0 Å². The Morgan fingerprint density at radius 1 is 1.27 bits per heavy atom. The van der Waals surface area contributed by atoms with Gasteiger partial charge < -0.3 is 19.5 Å². The summed E-state index contributed by atoms with van der Waals surface area (Å²) in [5, 5.41) is 6.78. The number of carbonyl (C=O) groups excluding carboxylic acids is 1. The molecule has 0 saturated carbocycles. The molecule has 0 aliphatic carbocycles. The van der Waals surface area contributed by atoms with Gasteiger partial charge in [0.05, 0.1) is 25.1 Å². The van der Waals surface area contributed by atoms with Crippen molar-refractivity contribution >= 4 is 17.4 Å². The van der Waals surface area contributed by atoms with Crippen LogP contribution in [0, 0.1) is 0 Å². The molecule has 2 aromatic rings. The highest BCUT2D eigenvalue weighted by Crippen LogP contribution is 2.16. The number of aryl methyl sites for hydroxylation is 2. The van der Waals surface area contributed by atoms with E-state index < -0.39 is 0 Å². The predicted molar refractivity (Wildman–Crippen MR) is 97.1 cm³/mol. The van der Waals surface area contributed by atoms with E-state index in [1.807, 2.05) is 12.1 Å². The summed E-state index contributed by atoms with van der Waals surface area (Å²) in [5.41, 5.74) is 0.704. The number of pyridine rings is 1. The summed E-state index contributed by atoms with van der Waals surface area (Å²) in [6.45, 7) is 5.20. The fraction of sp³-hybridized carbons (Fsp3) is 0.556. The zero-order valence-corrected chi connectivity index (χ0v) is 15.1. The van der Waals surface area contributed by atoms with E-state index >= 15 is 0 Å². The van der Waals surface area contributed by atoms with Crippen molar-refractivity contribution in [3.63, 3.8) is 0 Å². The van der Waals surface area contributed by atoms with Crippen LogP contribution in [-0.2, 0) is 22.4 Å². The predicted octanol–water partition coefficient (Wildman–Crippen LogP) is 2.22. The molecule has 0 unspecified atom stereocenters. The first-order valence-electron chi connectivity index (χ1n) is 9.14. The van der Waals surface area contributed by atoms with Gasteiger partial charge in [0.1, 0.15) is 5.82 Å². The molecule has 1 fully saturated rings. The second kappa shape index (κ2) is 9.28. The van der Waals surface area contributed by atoms with Crippen molar-refractivity contribution in [3.8, 4) is 0 Å². The Balaban J connectivity index is 1.41. The molecule has 8 nitrogen and oxygen atoms in total. The molecule has 0 aromatic carbocycles. The van der Waals surface area contributed by atoms with Gasteiger partial charge in [0, 0.05) is 32.4 Å². The van der Waals surface area contributed by atoms with Crippen LogP contribution in [0.3, 0.4) is 0 Å². The average Bonchev–Trinajstić information content (AvgIpc) is 3.11. The second-order valence-electron chi connectivity index (χ2n) is 6.26. The molecule has 3 rings (SSSR count). The molecule has 1 amide bonds. The Kier molecular flexibility index (Phi) is 6.54. The molecule has 0 spiro atoms. The standard InChI is InChI=1S/C18H25N5O3/c1-2-4-15-21-18(26-22-15)6-3-5-17(24)20-14-7-8-16(19-13-14)23-9-11-25-12-10-23/h7-8,13H,2-6,9-12H2,1H3,(H,20,24). The Morgan fingerprint density at radius 3 is 2.85 bits per heavy atom. The summed E-state index contributed by atoms with van der Waals surface area (Å²) in [4.78, 5) is 23.0.